The van der Waals surface area contributed by atoms with E-state index in [1.807, 2.05) is 6.07 Å². The predicted molar refractivity (Wildman–Crippen MR) is 53.7 cm³/mol. The molecule has 1 aromatic rings. The van der Waals surface area contributed by atoms with Crippen molar-refractivity contribution in [2.45, 2.75) is 44.6 Å². The first kappa shape index (κ1) is 9.26. The van der Waals surface area contributed by atoms with Crippen molar-refractivity contribution >= 4 is 0 Å². The second kappa shape index (κ2) is 4.28. The largest absolute Gasteiger partial charge is 0.265 e. The molecule has 1 saturated carbocycles. The summed E-state index contributed by atoms with van der Waals surface area (Å²) >= 11 is 0. The Morgan fingerprint density at radius 2 is 2.21 bits per heavy atom. The molecule has 1 fully saturated rings. The van der Waals surface area contributed by atoms with Gasteiger partial charge < -0.3 is 0 Å². The zero-order chi connectivity index (χ0) is 9.80. The Bertz CT molecular complexity index is 329. The molecule has 1 aromatic heterocycles. The Kier molecular flexibility index (Phi) is 2.83. The van der Waals surface area contributed by atoms with Crippen LogP contribution in [-0.4, -0.2) is 9.78 Å². The van der Waals surface area contributed by atoms with Gasteiger partial charge in [0, 0.05) is 6.20 Å². The minimum absolute atomic E-state index is 0.483. The Labute approximate surface area is 84.3 Å². The summed E-state index contributed by atoms with van der Waals surface area (Å²) in [4.78, 5) is 0. The molecular formula is C11H15N3. The molecular weight excluding hydrogens is 174 g/mol. The van der Waals surface area contributed by atoms with Gasteiger partial charge in [-0.05, 0) is 18.9 Å². The predicted octanol–water partition coefficient (Wildman–Crippen LogP) is 2.45. The van der Waals surface area contributed by atoms with Crippen LogP contribution in [0.1, 0.15) is 43.8 Å². The molecule has 0 amide bonds. The first-order chi connectivity index (χ1) is 6.92. The third-order valence-electron chi connectivity index (χ3n) is 2.93. The molecule has 0 bridgehead atoms. The van der Waals surface area contributed by atoms with E-state index in [-0.39, 0.29) is 0 Å². The molecule has 1 aliphatic carbocycles. The van der Waals surface area contributed by atoms with Crippen molar-refractivity contribution in [1.29, 1.82) is 5.26 Å². The van der Waals surface area contributed by atoms with Gasteiger partial charge in [0.25, 0.3) is 0 Å². The molecule has 1 heterocycles. The monoisotopic (exact) mass is 189 g/mol. The highest BCUT2D eigenvalue weighted by atomic mass is 15.3. The number of aromatic nitrogens is 2. The smallest absolute Gasteiger partial charge is 0.0771 e. The van der Waals surface area contributed by atoms with Gasteiger partial charge in [0.2, 0.25) is 0 Å². The molecule has 74 valence electrons. The molecule has 0 unspecified atom stereocenters. The number of nitrogens with zero attached hydrogens (tertiary/aromatic N) is 3. The molecule has 1 aliphatic rings. The molecule has 3 nitrogen and oxygen atoms in total. The summed E-state index contributed by atoms with van der Waals surface area (Å²) in [5, 5.41) is 13.0. The third kappa shape index (κ3) is 1.79. The maximum atomic E-state index is 8.67. The van der Waals surface area contributed by atoms with Crippen molar-refractivity contribution in [2.24, 2.45) is 0 Å². The van der Waals surface area contributed by atoms with E-state index >= 15 is 0 Å². The van der Waals surface area contributed by atoms with Gasteiger partial charge in [0.15, 0.2) is 0 Å². The SMILES string of the molecule is N#CCc1ccnn1C1CCCCC1. The average Bonchev–Trinajstić information content (AvgIpc) is 2.68. The summed E-state index contributed by atoms with van der Waals surface area (Å²) in [5.74, 6) is 0. The first-order valence-electron chi connectivity index (χ1n) is 5.31. The van der Waals surface area contributed by atoms with E-state index < -0.39 is 0 Å². The molecule has 0 radical (unpaired) electrons. The van der Waals surface area contributed by atoms with Crippen LogP contribution in [0.3, 0.4) is 0 Å². The molecule has 0 aromatic carbocycles. The van der Waals surface area contributed by atoms with E-state index in [0.717, 1.165) is 5.69 Å². The van der Waals surface area contributed by atoms with Crippen molar-refractivity contribution in [3.05, 3.63) is 18.0 Å². The van der Waals surface area contributed by atoms with Crippen LogP contribution in [0, 0.1) is 11.3 Å². The minimum Gasteiger partial charge on any atom is -0.265 e. The number of hydrogen-bond acceptors (Lipinski definition) is 2. The molecule has 0 spiro atoms. The van der Waals surface area contributed by atoms with E-state index in [0.29, 0.717) is 12.5 Å². The summed E-state index contributed by atoms with van der Waals surface area (Å²) in [6, 6.07) is 4.69. The highest BCUT2D eigenvalue weighted by molar-refractivity contribution is 5.07. The van der Waals surface area contributed by atoms with Crippen LogP contribution >= 0.6 is 0 Å². The van der Waals surface area contributed by atoms with Crippen LogP contribution in [-0.2, 0) is 6.42 Å². The highest BCUT2D eigenvalue weighted by Gasteiger charge is 2.17. The van der Waals surface area contributed by atoms with Gasteiger partial charge in [-0.25, -0.2) is 0 Å². The zero-order valence-electron chi connectivity index (χ0n) is 8.32. The minimum atomic E-state index is 0.483. The van der Waals surface area contributed by atoms with Crippen LogP contribution in [0.25, 0.3) is 0 Å². The van der Waals surface area contributed by atoms with Gasteiger partial charge in [-0.15, -0.1) is 0 Å². The Balaban J connectivity index is 2.13. The van der Waals surface area contributed by atoms with Gasteiger partial charge in [0.05, 0.1) is 24.2 Å². The van der Waals surface area contributed by atoms with Gasteiger partial charge in [0.1, 0.15) is 0 Å². The normalized spacial score (nSPS) is 17.9. The quantitative estimate of drug-likeness (QED) is 0.717. The Hall–Kier alpha value is -1.30. The summed E-state index contributed by atoms with van der Waals surface area (Å²) < 4.78 is 2.06. The fraction of sp³-hybridized carbons (Fsp3) is 0.636. The molecule has 3 heteroatoms. The van der Waals surface area contributed by atoms with Gasteiger partial charge in [-0.2, -0.15) is 10.4 Å². The topological polar surface area (TPSA) is 41.6 Å². The van der Waals surface area contributed by atoms with Crippen molar-refractivity contribution in [3.8, 4) is 6.07 Å². The number of hydrogen-bond donors (Lipinski definition) is 0. The maximum absolute atomic E-state index is 8.67. The van der Waals surface area contributed by atoms with E-state index in [1.54, 1.807) is 6.20 Å². The van der Waals surface area contributed by atoms with Crippen LogP contribution in [0.2, 0.25) is 0 Å². The lowest BCUT2D eigenvalue weighted by Crippen LogP contribution is -2.16. The lowest BCUT2D eigenvalue weighted by atomic mass is 9.95. The van der Waals surface area contributed by atoms with Crippen molar-refractivity contribution in [1.82, 2.24) is 9.78 Å². The third-order valence-corrected chi connectivity index (χ3v) is 2.93. The van der Waals surface area contributed by atoms with E-state index in [4.69, 9.17) is 5.26 Å². The lowest BCUT2D eigenvalue weighted by molar-refractivity contribution is 0.323. The fourth-order valence-electron chi connectivity index (χ4n) is 2.22. The van der Waals surface area contributed by atoms with Gasteiger partial charge in [-0.1, -0.05) is 19.3 Å². The number of nitriles is 1. The second-order valence-corrected chi connectivity index (χ2v) is 3.89. The maximum Gasteiger partial charge on any atom is 0.0771 e. The molecule has 2 rings (SSSR count). The Morgan fingerprint density at radius 1 is 1.43 bits per heavy atom. The van der Waals surface area contributed by atoms with Crippen molar-refractivity contribution in [3.63, 3.8) is 0 Å². The molecule has 0 atom stereocenters. The lowest BCUT2D eigenvalue weighted by Gasteiger charge is -2.23. The second-order valence-electron chi connectivity index (χ2n) is 3.89. The van der Waals surface area contributed by atoms with E-state index in [1.165, 1.54) is 32.1 Å². The van der Waals surface area contributed by atoms with E-state index in [9.17, 15) is 0 Å². The van der Waals surface area contributed by atoms with E-state index in [2.05, 4.69) is 15.8 Å². The molecule has 0 aliphatic heterocycles. The van der Waals surface area contributed by atoms with Crippen LogP contribution in [0.4, 0.5) is 0 Å². The zero-order valence-corrected chi connectivity index (χ0v) is 8.32. The average molecular weight is 189 g/mol. The van der Waals surface area contributed by atoms with Crippen molar-refractivity contribution in [2.75, 3.05) is 0 Å². The summed E-state index contributed by atoms with van der Waals surface area (Å²) in [7, 11) is 0. The van der Waals surface area contributed by atoms with Crippen LogP contribution in [0.15, 0.2) is 12.3 Å². The van der Waals surface area contributed by atoms with Crippen LogP contribution in [0.5, 0.6) is 0 Å². The molecule has 0 saturated heterocycles. The van der Waals surface area contributed by atoms with Crippen LogP contribution < -0.4 is 0 Å². The summed E-state index contributed by atoms with van der Waals surface area (Å²) in [6.07, 6.45) is 8.69. The number of rotatable bonds is 2. The van der Waals surface area contributed by atoms with Gasteiger partial charge in [-0.3, -0.25) is 4.68 Å². The molecule has 0 N–H and O–H groups in total. The molecule has 14 heavy (non-hydrogen) atoms. The fourth-order valence-corrected chi connectivity index (χ4v) is 2.22. The van der Waals surface area contributed by atoms with Gasteiger partial charge >= 0.3 is 0 Å². The Morgan fingerprint density at radius 3 is 2.93 bits per heavy atom. The highest BCUT2D eigenvalue weighted by Crippen LogP contribution is 2.28. The standard InChI is InChI=1S/C11H15N3/c12-8-6-11-7-9-13-14(11)10-4-2-1-3-5-10/h7,9-10H,1-6H2. The summed E-state index contributed by atoms with van der Waals surface area (Å²) in [5.41, 5.74) is 1.07. The summed E-state index contributed by atoms with van der Waals surface area (Å²) in [6.45, 7) is 0. The first-order valence-corrected chi connectivity index (χ1v) is 5.31. The van der Waals surface area contributed by atoms with Crippen molar-refractivity contribution < 1.29 is 0 Å².